The van der Waals surface area contributed by atoms with Gasteiger partial charge in [-0.25, -0.2) is 4.39 Å². The molecule has 4 rings (SSSR count). The summed E-state index contributed by atoms with van der Waals surface area (Å²) >= 11 is 1.76. The molecule has 1 saturated carbocycles. The third-order valence-corrected chi connectivity index (χ3v) is 6.51. The van der Waals surface area contributed by atoms with Gasteiger partial charge in [0.15, 0.2) is 6.61 Å². The maximum absolute atomic E-state index is 13.0. The van der Waals surface area contributed by atoms with Crippen LogP contribution >= 0.6 is 11.8 Å². The zero-order valence-electron chi connectivity index (χ0n) is 15.6. The Morgan fingerprint density at radius 3 is 2.71 bits per heavy atom. The molecule has 3 unspecified atom stereocenters. The van der Waals surface area contributed by atoms with Gasteiger partial charge in [0.1, 0.15) is 5.82 Å². The van der Waals surface area contributed by atoms with Gasteiger partial charge < -0.3 is 9.64 Å². The van der Waals surface area contributed by atoms with E-state index < -0.39 is 0 Å². The minimum atomic E-state index is -0.353. The lowest BCUT2D eigenvalue weighted by atomic mass is 10.1. The van der Waals surface area contributed by atoms with E-state index in [9.17, 15) is 14.0 Å². The van der Waals surface area contributed by atoms with Gasteiger partial charge in [0.05, 0.1) is 11.6 Å². The molecule has 0 spiro atoms. The summed E-state index contributed by atoms with van der Waals surface area (Å²) in [5.74, 6) is -1.04. The molecule has 146 valence electrons. The number of hydrogen-bond donors (Lipinski definition) is 0. The molecule has 6 heteroatoms. The molecule has 0 saturated heterocycles. The highest BCUT2D eigenvalue weighted by Gasteiger charge is 2.45. The highest BCUT2D eigenvalue weighted by Crippen LogP contribution is 2.48. The Morgan fingerprint density at radius 1 is 1.18 bits per heavy atom. The fourth-order valence-corrected chi connectivity index (χ4v) is 4.71. The van der Waals surface area contributed by atoms with Gasteiger partial charge in [0.2, 0.25) is 0 Å². The molecule has 2 aliphatic rings. The van der Waals surface area contributed by atoms with Crippen LogP contribution < -0.4 is 4.90 Å². The van der Waals surface area contributed by atoms with E-state index in [1.807, 2.05) is 24.3 Å². The average molecular weight is 399 g/mol. The van der Waals surface area contributed by atoms with E-state index in [4.69, 9.17) is 4.74 Å². The smallest absolute Gasteiger partial charge is 0.310 e. The van der Waals surface area contributed by atoms with E-state index in [0.29, 0.717) is 18.2 Å². The summed E-state index contributed by atoms with van der Waals surface area (Å²) < 4.78 is 18.4. The van der Waals surface area contributed by atoms with E-state index >= 15 is 0 Å². The highest BCUT2D eigenvalue weighted by molar-refractivity contribution is 8.00. The second-order valence-electron chi connectivity index (χ2n) is 7.34. The zero-order valence-corrected chi connectivity index (χ0v) is 16.5. The first-order valence-corrected chi connectivity index (χ1v) is 10.4. The molecule has 4 nitrogen and oxygen atoms in total. The lowest BCUT2D eigenvalue weighted by Gasteiger charge is -2.22. The number of anilines is 1. The van der Waals surface area contributed by atoms with Crippen molar-refractivity contribution in [1.29, 1.82) is 0 Å². The number of halogens is 1. The third kappa shape index (κ3) is 4.07. The monoisotopic (exact) mass is 399 g/mol. The minimum absolute atomic E-state index is 0.0550. The molecule has 2 aromatic rings. The maximum atomic E-state index is 13.0. The van der Waals surface area contributed by atoms with Crippen LogP contribution in [-0.2, 0) is 14.3 Å². The summed E-state index contributed by atoms with van der Waals surface area (Å²) in [6.07, 6.45) is 1.56. The molecule has 1 aliphatic heterocycles. The van der Waals surface area contributed by atoms with Gasteiger partial charge in [-0.15, -0.1) is 11.8 Å². The average Bonchev–Trinajstić information content (AvgIpc) is 3.50. The van der Waals surface area contributed by atoms with Crippen LogP contribution in [0.3, 0.4) is 0 Å². The quantitative estimate of drug-likeness (QED) is 0.716. The molecule has 0 aromatic heterocycles. The Kier molecular flexibility index (Phi) is 5.40. The molecule has 3 atom stereocenters. The number of nitrogens with zero attached hydrogens (tertiary/aromatic N) is 1. The third-order valence-electron chi connectivity index (χ3n) is 5.27. The number of amides is 1. The fourth-order valence-electron chi connectivity index (χ4n) is 3.60. The number of thioether (sulfide) groups is 1. The number of ether oxygens (including phenoxy) is 1. The normalized spacial score (nSPS) is 23.5. The van der Waals surface area contributed by atoms with Crippen molar-refractivity contribution < 1.29 is 18.7 Å². The second-order valence-corrected chi connectivity index (χ2v) is 8.82. The van der Waals surface area contributed by atoms with Crippen molar-refractivity contribution in [3.05, 3.63) is 59.9 Å². The van der Waals surface area contributed by atoms with Gasteiger partial charge in [-0.3, -0.25) is 9.59 Å². The minimum Gasteiger partial charge on any atom is -0.455 e. The van der Waals surface area contributed by atoms with Crippen LogP contribution in [0.4, 0.5) is 10.1 Å². The van der Waals surface area contributed by atoms with Crippen molar-refractivity contribution >= 4 is 29.3 Å². The largest absolute Gasteiger partial charge is 0.455 e. The van der Waals surface area contributed by atoms with E-state index in [0.717, 1.165) is 22.6 Å². The van der Waals surface area contributed by atoms with Crippen LogP contribution in [0.5, 0.6) is 0 Å². The van der Waals surface area contributed by atoms with Crippen LogP contribution in [0.15, 0.2) is 53.4 Å². The number of fused-ring (bicyclic) bond motifs is 1. The van der Waals surface area contributed by atoms with Crippen molar-refractivity contribution in [2.45, 2.75) is 35.8 Å². The number of para-hydroxylation sites is 1. The molecule has 0 bridgehead atoms. The first-order chi connectivity index (χ1) is 13.5. The summed E-state index contributed by atoms with van der Waals surface area (Å²) in [7, 11) is 0. The molecule has 1 heterocycles. The first-order valence-electron chi connectivity index (χ1n) is 9.51. The van der Waals surface area contributed by atoms with Crippen molar-refractivity contribution in [1.82, 2.24) is 0 Å². The molecular formula is C22H22FNO3S. The molecule has 1 fully saturated rings. The molecule has 2 aromatic carbocycles. The van der Waals surface area contributed by atoms with Gasteiger partial charge in [-0.05, 0) is 48.6 Å². The van der Waals surface area contributed by atoms with Gasteiger partial charge >= 0.3 is 5.97 Å². The zero-order chi connectivity index (χ0) is 19.7. The van der Waals surface area contributed by atoms with E-state index in [1.165, 1.54) is 12.1 Å². The number of benzene rings is 2. The molecule has 1 aliphatic carbocycles. The van der Waals surface area contributed by atoms with Crippen molar-refractivity contribution in [3.8, 4) is 0 Å². The van der Waals surface area contributed by atoms with Crippen molar-refractivity contribution in [3.63, 3.8) is 0 Å². The lowest BCUT2D eigenvalue weighted by Crippen LogP contribution is -2.36. The maximum Gasteiger partial charge on any atom is 0.310 e. The lowest BCUT2D eigenvalue weighted by molar-refractivity contribution is -0.149. The molecule has 0 radical (unpaired) electrons. The fraction of sp³-hybridized carbons (Fsp3) is 0.364. The van der Waals surface area contributed by atoms with Gasteiger partial charge in [-0.2, -0.15) is 0 Å². The summed E-state index contributed by atoms with van der Waals surface area (Å²) in [5, 5.41) is 0.421. The Bertz CT molecular complexity index is 886. The molecular weight excluding hydrogens is 377 g/mol. The first kappa shape index (κ1) is 19.0. The molecule has 1 amide bonds. The van der Waals surface area contributed by atoms with Gasteiger partial charge in [0.25, 0.3) is 5.91 Å². The number of esters is 1. The summed E-state index contributed by atoms with van der Waals surface area (Å²) in [6, 6.07) is 14.0. The highest BCUT2D eigenvalue weighted by atomic mass is 32.2. The Balaban J connectivity index is 1.36. The van der Waals surface area contributed by atoms with Crippen LogP contribution in [0, 0.1) is 11.7 Å². The summed E-state index contributed by atoms with van der Waals surface area (Å²) in [5.41, 5.74) is 1.82. The van der Waals surface area contributed by atoms with E-state index in [1.54, 1.807) is 28.8 Å². The number of rotatable bonds is 4. The van der Waals surface area contributed by atoms with Crippen LogP contribution in [0.25, 0.3) is 0 Å². The topological polar surface area (TPSA) is 46.6 Å². The molecule has 28 heavy (non-hydrogen) atoms. The van der Waals surface area contributed by atoms with Crippen LogP contribution in [0.1, 0.15) is 31.2 Å². The van der Waals surface area contributed by atoms with Crippen molar-refractivity contribution in [2.24, 2.45) is 5.92 Å². The standard InChI is InChI=1S/C22H22FNO3S/c1-14-10-11-24(19-4-2-3-5-20(19)28-14)21(25)13-27-22(26)18-12-17(18)15-6-8-16(23)9-7-15/h2-9,14,17-18H,10-13H2,1H3. The van der Waals surface area contributed by atoms with E-state index in [2.05, 4.69) is 6.92 Å². The number of carbonyl (C=O) groups excluding carboxylic acids is 2. The Labute approximate surface area is 168 Å². The Hall–Kier alpha value is -2.34. The van der Waals surface area contributed by atoms with Crippen molar-refractivity contribution in [2.75, 3.05) is 18.1 Å². The van der Waals surface area contributed by atoms with E-state index in [-0.39, 0.29) is 36.1 Å². The predicted octanol–water partition coefficient (Wildman–Crippen LogP) is 4.39. The SMILES string of the molecule is CC1CCN(C(=O)COC(=O)C2CC2c2ccc(F)cc2)c2ccccc2S1. The predicted molar refractivity (Wildman–Crippen MR) is 107 cm³/mol. The van der Waals surface area contributed by atoms with Gasteiger partial charge in [0, 0.05) is 16.7 Å². The van der Waals surface area contributed by atoms with Crippen LogP contribution in [-0.4, -0.2) is 30.3 Å². The van der Waals surface area contributed by atoms with Crippen LogP contribution in [0.2, 0.25) is 0 Å². The Morgan fingerprint density at radius 2 is 1.93 bits per heavy atom. The summed E-state index contributed by atoms with van der Waals surface area (Å²) in [4.78, 5) is 27.9. The number of hydrogen-bond acceptors (Lipinski definition) is 4. The second kappa shape index (κ2) is 7.95. The number of carbonyl (C=O) groups is 2. The molecule has 0 N–H and O–H groups in total. The summed E-state index contributed by atoms with van der Waals surface area (Å²) in [6.45, 7) is 2.51. The van der Waals surface area contributed by atoms with Gasteiger partial charge in [-0.1, -0.05) is 31.2 Å².